The van der Waals surface area contributed by atoms with Crippen LogP contribution in [-0.4, -0.2) is 5.92 Å². The van der Waals surface area contributed by atoms with E-state index in [1.54, 1.807) is 19.1 Å². The van der Waals surface area contributed by atoms with E-state index in [2.05, 4.69) is 0 Å². The van der Waals surface area contributed by atoms with Gasteiger partial charge in [-0.05, 0) is 42.9 Å². The molecule has 1 aromatic rings. The van der Waals surface area contributed by atoms with Crippen LogP contribution in [0.15, 0.2) is 18.2 Å². The lowest BCUT2D eigenvalue weighted by molar-refractivity contribution is -0.0483. The zero-order chi connectivity index (χ0) is 13.3. The van der Waals surface area contributed by atoms with Crippen LogP contribution in [0.3, 0.4) is 0 Å². The first-order chi connectivity index (χ1) is 8.39. The molecule has 2 rings (SSSR count). The molecule has 1 nitrogen and oxygen atoms in total. The van der Waals surface area contributed by atoms with Gasteiger partial charge in [-0.3, -0.25) is 0 Å². The van der Waals surface area contributed by atoms with Crippen LogP contribution in [0.1, 0.15) is 42.9 Å². The highest BCUT2D eigenvalue weighted by molar-refractivity contribution is 5.26. The number of halogens is 3. The van der Waals surface area contributed by atoms with Crippen LogP contribution in [0.5, 0.6) is 0 Å². The summed E-state index contributed by atoms with van der Waals surface area (Å²) in [5, 5.41) is 0. The molecule has 1 aromatic carbocycles. The quantitative estimate of drug-likeness (QED) is 0.852. The van der Waals surface area contributed by atoms with Gasteiger partial charge in [0.25, 0.3) is 0 Å². The maximum Gasteiger partial charge on any atom is 0.248 e. The largest absolute Gasteiger partial charge is 0.324 e. The van der Waals surface area contributed by atoms with Crippen molar-refractivity contribution >= 4 is 0 Å². The average Bonchev–Trinajstić information content (AvgIpc) is 2.32. The third-order valence-corrected chi connectivity index (χ3v) is 3.84. The van der Waals surface area contributed by atoms with Crippen molar-refractivity contribution in [2.45, 2.75) is 44.6 Å². The van der Waals surface area contributed by atoms with Crippen LogP contribution in [0.4, 0.5) is 13.2 Å². The minimum atomic E-state index is -2.53. The Hall–Kier alpha value is -1.03. The SMILES string of the molecule is Cc1cc(C(N)C2CCC(F)(F)CC2)ccc1F. The summed E-state index contributed by atoms with van der Waals surface area (Å²) in [7, 11) is 0. The summed E-state index contributed by atoms with van der Waals surface area (Å²) in [5.74, 6) is -2.73. The first-order valence-corrected chi connectivity index (χ1v) is 6.28. The van der Waals surface area contributed by atoms with Gasteiger partial charge in [0.05, 0.1) is 0 Å². The van der Waals surface area contributed by atoms with Gasteiger partial charge in [0.15, 0.2) is 0 Å². The third-order valence-electron chi connectivity index (χ3n) is 3.84. The molecule has 0 heterocycles. The van der Waals surface area contributed by atoms with Gasteiger partial charge in [-0.1, -0.05) is 12.1 Å². The zero-order valence-corrected chi connectivity index (χ0v) is 10.4. The van der Waals surface area contributed by atoms with Crippen molar-refractivity contribution in [3.05, 3.63) is 35.1 Å². The topological polar surface area (TPSA) is 26.0 Å². The van der Waals surface area contributed by atoms with Crippen LogP contribution in [0.2, 0.25) is 0 Å². The molecule has 18 heavy (non-hydrogen) atoms. The molecule has 2 N–H and O–H groups in total. The molecule has 0 spiro atoms. The molecular weight excluding hydrogens is 239 g/mol. The Morgan fingerprint density at radius 2 is 1.89 bits per heavy atom. The molecular formula is C14H18F3N. The molecule has 0 radical (unpaired) electrons. The lowest BCUT2D eigenvalue weighted by Crippen LogP contribution is -2.31. The minimum absolute atomic E-state index is 0.0643. The molecule has 0 aromatic heterocycles. The standard InChI is InChI=1S/C14H18F3N/c1-9-8-11(2-3-12(9)15)13(18)10-4-6-14(16,17)7-5-10/h2-3,8,10,13H,4-7,18H2,1H3. The predicted octanol–water partition coefficient (Wildman–Crippen LogP) is 3.96. The van der Waals surface area contributed by atoms with E-state index < -0.39 is 5.92 Å². The maximum absolute atomic E-state index is 13.2. The Bertz CT molecular complexity index is 421. The predicted molar refractivity (Wildman–Crippen MR) is 65.0 cm³/mol. The number of hydrogen-bond acceptors (Lipinski definition) is 1. The van der Waals surface area contributed by atoms with E-state index in [-0.39, 0.29) is 30.6 Å². The summed E-state index contributed by atoms with van der Waals surface area (Å²) < 4.78 is 39.3. The summed E-state index contributed by atoms with van der Waals surface area (Å²) in [6.07, 6.45) is 0.687. The van der Waals surface area contributed by atoms with E-state index in [4.69, 9.17) is 5.73 Å². The van der Waals surface area contributed by atoms with E-state index >= 15 is 0 Å². The van der Waals surface area contributed by atoms with Gasteiger partial charge < -0.3 is 5.73 Å². The van der Waals surface area contributed by atoms with Crippen molar-refractivity contribution in [1.29, 1.82) is 0 Å². The zero-order valence-electron chi connectivity index (χ0n) is 10.4. The Balaban J connectivity index is 2.07. The van der Waals surface area contributed by atoms with Crippen molar-refractivity contribution in [3.8, 4) is 0 Å². The second kappa shape index (κ2) is 4.92. The number of alkyl halides is 2. The number of rotatable bonds is 2. The monoisotopic (exact) mass is 257 g/mol. The molecule has 1 atom stereocenters. The van der Waals surface area contributed by atoms with Crippen LogP contribution >= 0.6 is 0 Å². The van der Waals surface area contributed by atoms with E-state index in [1.165, 1.54) is 6.07 Å². The van der Waals surface area contributed by atoms with Gasteiger partial charge in [-0.15, -0.1) is 0 Å². The van der Waals surface area contributed by atoms with Gasteiger partial charge in [0.1, 0.15) is 5.82 Å². The van der Waals surface area contributed by atoms with Crippen LogP contribution in [0.25, 0.3) is 0 Å². The van der Waals surface area contributed by atoms with E-state index in [0.29, 0.717) is 18.4 Å². The van der Waals surface area contributed by atoms with Crippen LogP contribution < -0.4 is 5.73 Å². The minimum Gasteiger partial charge on any atom is -0.324 e. The highest BCUT2D eigenvalue weighted by Gasteiger charge is 2.37. The Kier molecular flexibility index (Phi) is 3.66. The molecule has 0 amide bonds. The van der Waals surface area contributed by atoms with Gasteiger partial charge in [-0.2, -0.15) is 0 Å². The summed E-state index contributed by atoms with van der Waals surface area (Å²) in [4.78, 5) is 0. The van der Waals surface area contributed by atoms with Crippen LogP contribution in [-0.2, 0) is 0 Å². The summed E-state index contributed by atoms with van der Waals surface area (Å²) in [6, 6.07) is 4.48. The van der Waals surface area contributed by atoms with Gasteiger partial charge in [0, 0.05) is 18.9 Å². The first kappa shape index (κ1) is 13.4. The molecule has 1 unspecified atom stereocenters. The Morgan fingerprint density at radius 3 is 2.44 bits per heavy atom. The highest BCUT2D eigenvalue weighted by atomic mass is 19.3. The molecule has 4 heteroatoms. The smallest absolute Gasteiger partial charge is 0.248 e. The highest BCUT2D eigenvalue weighted by Crippen LogP contribution is 2.40. The Morgan fingerprint density at radius 1 is 1.28 bits per heavy atom. The van der Waals surface area contributed by atoms with Crippen LogP contribution in [0, 0.1) is 18.7 Å². The van der Waals surface area contributed by atoms with Gasteiger partial charge in [-0.25, -0.2) is 13.2 Å². The number of aryl methyl sites for hydroxylation is 1. The van der Waals surface area contributed by atoms with E-state index in [1.807, 2.05) is 0 Å². The molecule has 1 aliphatic rings. The molecule has 1 fully saturated rings. The lowest BCUT2D eigenvalue weighted by atomic mass is 9.80. The third kappa shape index (κ3) is 2.86. The van der Waals surface area contributed by atoms with Crippen molar-refractivity contribution < 1.29 is 13.2 Å². The molecule has 0 saturated heterocycles. The summed E-state index contributed by atoms with van der Waals surface area (Å²) in [6.45, 7) is 1.68. The van der Waals surface area contributed by atoms with E-state index in [9.17, 15) is 13.2 Å². The summed E-state index contributed by atoms with van der Waals surface area (Å²) >= 11 is 0. The number of hydrogen-bond donors (Lipinski definition) is 1. The number of benzene rings is 1. The fraction of sp³-hybridized carbons (Fsp3) is 0.571. The average molecular weight is 257 g/mol. The molecule has 0 bridgehead atoms. The van der Waals surface area contributed by atoms with Crippen molar-refractivity contribution in [3.63, 3.8) is 0 Å². The molecule has 1 saturated carbocycles. The fourth-order valence-corrected chi connectivity index (χ4v) is 2.57. The van der Waals surface area contributed by atoms with Gasteiger partial charge in [0.2, 0.25) is 5.92 Å². The lowest BCUT2D eigenvalue weighted by Gasteiger charge is -2.32. The van der Waals surface area contributed by atoms with Crippen molar-refractivity contribution in [2.75, 3.05) is 0 Å². The van der Waals surface area contributed by atoms with E-state index in [0.717, 1.165) is 5.56 Å². The Labute approximate surface area is 105 Å². The fourth-order valence-electron chi connectivity index (χ4n) is 2.57. The van der Waals surface area contributed by atoms with Gasteiger partial charge >= 0.3 is 0 Å². The molecule has 100 valence electrons. The summed E-state index contributed by atoms with van der Waals surface area (Å²) in [5.41, 5.74) is 7.49. The number of nitrogens with two attached hydrogens (primary N) is 1. The van der Waals surface area contributed by atoms with Crippen molar-refractivity contribution in [2.24, 2.45) is 11.7 Å². The second-order valence-corrected chi connectivity index (χ2v) is 5.23. The maximum atomic E-state index is 13.2. The molecule has 0 aliphatic heterocycles. The van der Waals surface area contributed by atoms with Crippen molar-refractivity contribution in [1.82, 2.24) is 0 Å². The second-order valence-electron chi connectivity index (χ2n) is 5.23. The normalized spacial score (nSPS) is 21.8. The molecule has 1 aliphatic carbocycles. The first-order valence-electron chi connectivity index (χ1n) is 6.28.